The molecule has 2 aromatic rings. The number of furan rings is 1. The minimum absolute atomic E-state index is 0.0417. The smallest absolute Gasteiger partial charge is 0.267 e. The maximum Gasteiger partial charge on any atom is 0.267 e. The molecule has 1 atom stereocenters. The van der Waals surface area contributed by atoms with Gasteiger partial charge in [-0.2, -0.15) is 0 Å². The third-order valence-electron chi connectivity index (χ3n) is 4.30. The van der Waals surface area contributed by atoms with E-state index in [4.69, 9.17) is 4.42 Å². The van der Waals surface area contributed by atoms with Crippen LogP contribution in [-0.2, 0) is 7.05 Å². The maximum absolute atomic E-state index is 12.3. The lowest BCUT2D eigenvalue weighted by Crippen LogP contribution is -2.37. The number of nitrogens with one attached hydrogen (secondary N) is 1. The second kappa shape index (κ2) is 6.40. The highest BCUT2D eigenvalue weighted by atomic mass is 16.3. The summed E-state index contributed by atoms with van der Waals surface area (Å²) < 4.78 is 7.64. The van der Waals surface area contributed by atoms with Crippen LogP contribution in [0.4, 0.5) is 0 Å². The summed E-state index contributed by atoms with van der Waals surface area (Å²) >= 11 is 0. The Hall–Kier alpha value is -2.01. The van der Waals surface area contributed by atoms with Crippen LogP contribution in [0.15, 0.2) is 34.9 Å². The van der Waals surface area contributed by atoms with E-state index in [0.29, 0.717) is 12.2 Å². The van der Waals surface area contributed by atoms with E-state index in [1.54, 1.807) is 0 Å². The molecule has 3 rings (SSSR count). The molecule has 5 nitrogen and oxygen atoms in total. The first-order valence-corrected chi connectivity index (χ1v) is 7.85. The van der Waals surface area contributed by atoms with Gasteiger partial charge in [-0.15, -0.1) is 0 Å². The van der Waals surface area contributed by atoms with Crippen molar-refractivity contribution in [2.24, 2.45) is 7.05 Å². The Kier molecular flexibility index (Phi) is 4.34. The van der Waals surface area contributed by atoms with Crippen LogP contribution in [-0.4, -0.2) is 35.0 Å². The average Bonchev–Trinajstić information content (AvgIpc) is 3.21. The molecule has 0 saturated carbocycles. The fraction of sp³-hybridized carbons (Fsp3) is 0.471. The van der Waals surface area contributed by atoms with Crippen LogP contribution >= 0.6 is 0 Å². The SMILES string of the molecule is Cc1ccc([C@H](CNC(=O)c2cccn2C)N2CCCC2)o1. The molecular weight excluding hydrogens is 278 g/mol. The van der Waals surface area contributed by atoms with Gasteiger partial charge in [-0.3, -0.25) is 9.69 Å². The number of rotatable bonds is 5. The number of hydrogen-bond acceptors (Lipinski definition) is 3. The molecule has 1 N–H and O–H groups in total. The number of likely N-dealkylation sites (tertiary alicyclic amines) is 1. The third-order valence-corrected chi connectivity index (χ3v) is 4.30. The molecule has 1 saturated heterocycles. The standard InChI is InChI=1S/C17H23N3O2/c1-13-7-8-16(22-13)15(20-10-3-4-11-20)12-18-17(21)14-6-5-9-19(14)2/h5-9,15H,3-4,10-12H2,1-2H3,(H,18,21)/t15-/m0/s1. The van der Waals surface area contributed by atoms with Crippen LogP contribution in [0.2, 0.25) is 0 Å². The van der Waals surface area contributed by atoms with Crippen molar-refractivity contribution < 1.29 is 9.21 Å². The minimum Gasteiger partial charge on any atom is -0.465 e. The van der Waals surface area contributed by atoms with Crippen molar-refractivity contribution in [1.29, 1.82) is 0 Å². The van der Waals surface area contributed by atoms with Gasteiger partial charge in [0.1, 0.15) is 17.2 Å². The first-order valence-electron chi connectivity index (χ1n) is 7.85. The summed E-state index contributed by atoms with van der Waals surface area (Å²) in [5.74, 6) is 1.81. The molecule has 0 bridgehead atoms. The van der Waals surface area contributed by atoms with Gasteiger partial charge in [0.2, 0.25) is 0 Å². The van der Waals surface area contributed by atoms with Gasteiger partial charge in [0.25, 0.3) is 5.91 Å². The van der Waals surface area contributed by atoms with Crippen LogP contribution < -0.4 is 5.32 Å². The molecule has 0 radical (unpaired) electrons. The zero-order valence-electron chi connectivity index (χ0n) is 13.2. The lowest BCUT2D eigenvalue weighted by molar-refractivity contribution is 0.0925. The Morgan fingerprint density at radius 1 is 1.32 bits per heavy atom. The Labute approximate surface area is 130 Å². The normalized spacial score (nSPS) is 16.8. The molecule has 5 heteroatoms. The molecule has 1 aliphatic heterocycles. The van der Waals surface area contributed by atoms with Gasteiger partial charge >= 0.3 is 0 Å². The van der Waals surface area contributed by atoms with Crippen molar-refractivity contribution in [2.75, 3.05) is 19.6 Å². The molecule has 1 fully saturated rings. The van der Waals surface area contributed by atoms with E-state index in [1.807, 2.05) is 49.0 Å². The highest BCUT2D eigenvalue weighted by molar-refractivity contribution is 5.92. The second-order valence-corrected chi connectivity index (χ2v) is 5.92. The first kappa shape index (κ1) is 14.9. The van der Waals surface area contributed by atoms with E-state index in [1.165, 1.54) is 12.8 Å². The van der Waals surface area contributed by atoms with Crippen LogP contribution in [0.3, 0.4) is 0 Å². The summed E-state index contributed by atoms with van der Waals surface area (Å²) in [5, 5.41) is 3.05. The summed E-state index contributed by atoms with van der Waals surface area (Å²) in [6, 6.07) is 7.82. The van der Waals surface area contributed by atoms with E-state index in [9.17, 15) is 4.79 Å². The molecule has 0 aromatic carbocycles. The number of nitrogens with zero attached hydrogens (tertiary/aromatic N) is 2. The predicted molar refractivity (Wildman–Crippen MR) is 84.7 cm³/mol. The topological polar surface area (TPSA) is 50.4 Å². The largest absolute Gasteiger partial charge is 0.465 e. The number of carbonyl (C=O) groups is 1. The van der Waals surface area contributed by atoms with Crippen molar-refractivity contribution in [3.8, 4) is 0 Å². The van der Waals surface area contributed by atoms with Crippen molar-refractivity contribution in [2.45, 2.75) is 25.8 Å². The number of aromatic nitrogens is 1. The van der Waals surface area contributed by atoms with Gasteiger partial charge < -0.3 is 14.3 Å². The van der Waals surface area contributed by atoms with Gasteiger partial charge in [-0.05, 0) is 57.1 Å². The van der Waals surface area contributed by atoms with Gasteiger partial charge in [0.15, 0.2) is 0 Å². The molecule has 1 amide bonds. The minimum atomic E-state index is -0.0417. The Morgan fingerprint density at radius 3 is 2.68 bits per heavy atom. The second-order valence-electron chi connectivity index (χ2n) is 5.92. The molecule has 1 aliphatic rings. The third kappa shape index (κ3) is 3.09. The monoisotopic (exact) mass is 301 g/mol. The summed E-state index contributed by atoms with van der Waals surface area (Å²) in [4.78, 5) is 14.7. The molecule has 22 heavy (non-hydrogen) atoms. The summed E-state index contributed by atoms with van der Waals surface area (Å²) in [6.45, 7) is 4.64. The van der Waals surface area contributed by atoms with E-state index < -0.39 is 0 Å². The molecular formula is C17H23N3O2. The summed E-state index contributed by atoms with van der Waals surface area (Å²) in [7, 11) is 1.88. The predicted octanol–water partition coefficient (Wildman–Crippen LogP) is 2.49. The number of carbonyl (C=O) groups excluding carboxylic acids is 1. The van der Waals surface area contributed by atoms with E-state index in [0.717, 1.165) is 24.6 Å². The highest BCUT2D eigenvalue weighted by Crippen LogP contribution is 2.26. The molecule has 0 spiro atoms. The van der Waals surface area contributed by atoms with Crippen LogP contribution in [0.25, 0.3) is 0 Å². The Balaban J connectivity index is 1.70. The fourth-order valence-corrected chi connectivity index (χ4v) is 3.07. The number of aryl methyl sites for hydroxylation is 2. The van der Waals surface area contributed by atoms with Gasteiger partial charge in [0.05, 0.1) is 6.04 Å². The van der Waals surface area contributed by atoms with Crippen molar-refractivity contribution >= 4 is 5.91 Å². The van der Waals surface area contributed by atoms with Crippen molar-refractivity contribution in [1.82, 2.24) is 14.8 Å². The van der Waals surface area contributed by atoms with E-state index >= 15 is 0 Å². The average molecular weight is 301 g/mol. The maximum atomic E-state index is 12.3. The molecule has 3 heterocycles. The lowest BCUT2D eigenvalue weighted by atomic mass is 10.2. The molecule has 2 aromatic heterocycles. The van der Waals surface area contributed by atoms with Crippen LogP contribution in [0.5, 0.6) is 0 Å². The summed E-state index contributed by atoms with van der Waals surface area (Å²) in [5.41, 5.74) is 0.677. The number of hydrogen-bond donors (Lipinski definition) is 1. The lowest BCUT2D eigenvalue weighted by Gasteiger charge is -2.26. The zero-order chi connectivity index (χ0) is 15.5. The molecule has 118 valence electrons. The zero-order valence-corrected chi connectivity index (χ0v) is 13.2. The van der Waals surface area contributed by atoms with Crippen molar-refractivity contribution in [3.05, 3.63) is 47.7 Å². The van der Waals surface area contributed by atoms with Gasteiger partial charge in [0, 0.05) is 19.8 Å². The van der Waals surface area contributed by atoms with Crippen LogP contribution in [0.1, 0.15) is 40.9 Å². The Morgan fingerprint density at radius 2 is 2.09 bits per heavy atom. The van der Waals surface area contributed by atoms with Gasteiger partial charge in [-0.25, -0.2) is 0 Å². The fourth-order valence-electron chi connectivity index (χ4n) is 3.07. The van der Waals surface area contributed by atoms with Crippen molar-refractivity contribution in [3.63, 3.8) is 0 Å². The molecule has 0 aliphatic carbocycles. The van der Waals surface area contributed by atoms with Gasteiger partial charge in [-0.1, -0.05) is 0 Å². The summed E-state index contributed by atoms with van der Waals surface area (Å²) in [6.07, 6.45) is 4.30. The molecule has 0 unspecified atom stereocenters. The first-order chi connectivity index (χ1) is 10.6. The quantitative estimate of drug-likeness (QED) is 0.923. The highest BCUT2D eigenvalue weighted by Gasteiger charge is 2.26. The van der Waals surface area contributed by atoms with E-state index in [2.05, 4.69) is 10.2 Å². The van der Waals surface area contributed by atoms with E-state index in [-0.39, 0.29) is 11.9 Å². The number of amides is 1. The Bertz CT molecular complexity index is 638. The van der Waals surface area contributed by atoms with Crippen LogP contribution in [0, 0.1) is 6.92 Å².